The summed E-state index contributed by atoms with van der Waals surface area (Å²) in [6, 6.07) is 12.3. The van der Waals surface area contributed by atoms with Gasteiger partial charge in [-0.1, -0.05) is 30.7 Å². The summed E-state index contributed by atoms with van der Waals surface area (Å²) in [6.45, 7) is 6.09. The summed E-state index contributed by atoms with van der Waals surface area (Å²) in [5.41, 5.74) is 0.911. The monoisotopic (exact) mass is 387 g/mol. The van der Waals surface area contributed by atoms with Gasteiger partial charge < -0.3 is 14.4 Å². The molecule has 0 N–H and O–H groups in total. The maximum atomic E-state index is 13.0. The highest BCUT2D eigenvalue weighted by Gasteiger charge is 2.41. The van der Waals surface area contributed by atoms with Gasteiger partial charge in [-0.2, -0.15) is 0 Å². The number of rotatable bonds is 5. The number of hydrogen-bond acceptors (Lipinski definition) is 4. The van der Waals surface area contributed by atoms with Crippen molar-refractivity contribution in [3.05, 3.63) is 58.6 Å². The molecule has 1 amide bonds. The summed E-state index contributed by atoms with van der Waals surface area (Å²) in [4.78, 5) is 26.7. The lowest BCUT2D eigenvalue weighted by Gasteiger charge is -2.39. The zero-order valence-electron chi connectivity index (χ0n) is 15.6. The zero-order chi connectivity index (χ0) is 19.6. The summed E-state index contributed by atoms with van der Waals surface area (Å²) >= 11 is 6.12. The van der Waals surface area contributed by atoms with E-state index in [1.165, 1.54) is 0 Å². The fourth-order valence-corrected chi connectivity index (χ4v) is 3.12. The molecular formula is C21H22ClNO4. The lowest BCUT2D eigenvalue weighted by atomic mass is 10.0. The molecule has 5 nitrogen and oxygen atoms in total. The molecule has 0 fully saturated rings. The van der Waals surface area contributed by atoms with E-state index in [2.05, 4.69) is 0 Å². The van der Waals surface area contributed by atoms with Gasteiger partial charge in [0.1, 0.15) is 5.75 Å². The van der Waals surface area contributed by atoms with Crippen molar-refractivity contribution in [1.82, 2.24) is 0 Å². The Kier molecular flexibility index (Phi) is 5.42. The van der Waals surface area contributed by atoms with Gasteiger partial charge >= 0.3 is 5.97 Å². The number of nitrogens with zero attached hydrogens (tertiary/aromatic N) is 1. The van der Waals surface area contributed by atoms with Crippen LogP contribution in [-0.2, 0) is 16.1 Å². The number of halogens is 1. The van der Waals surface area contributed by atoms with Crippen LogP contribution in [0.4, 0.5) is 5.69 Å². The minimum absolute atomic E-state index is 0.170. The largest absolute Gasteiger partial charge is 0.476 e. The van der Waals surface area contributed by atoms with E-state index >= 15 is 0 Å². The Morgan fingerprint density at radius 1 is 1.22 bits per heavy atom. The van der Waals surface area contributed by atoms with Crippen LogP contribution in [0, 0.1) is 0 Å². The van der Waals surface area contributed by atoms with Crippen LogP contribution in [-0.4, -0.2) is 24.1 Å². The Balaban J connectivity index is 1.92. The summed E-state index contributed by atoms with van der Waals surface area (Å²) in [6.07, 6.45) is 0.764. The van der Waals surface area contributed by atoms with Gasteiger partial charge in [0.05, 0.1) is 24.4 Å². The summed E-state index contributed by atoms with van der Waals surface area (Å²) in [5, 5.41) is 0.520. The Bertz CT molecular complexity index is 878. The average Bonchev–Trinajstić information content (AvgIpc) is 2.64. The average molecular weight is 388 g/mol. The van der Waals surface area contributed by atoms with E-state index < -0.39 is 5.60 Å². The molecule has 1 aliphatic rings. The second kappa shape index (κ2) is 7.61. The molecule has 142 valence electrons. The van der Waals surface area contributed by atoms with Crippen LogP contribution in [0.15, 0.2) is 42.5 Å². The third kappa shape index (κ3) is 4.08. The summed E-state index contributed by atoms with van der Waals surface area (Å²) < 4.78 is 11.0. The highest BCUT2D eigenvalue weighted by atomic mass is 35.5. The van der Waals surface area contributed by atoms with E-state index in [4.69, 9.17) is 21.1 Å². The molecule has 0 spiro atoms. The first-order valence-corrected chi connectivity index (χ1v) is 9.26. The normalized spacial score (nSPS) is 15.1. The predicted molar refractivity (Wildman–Crippen MR) is 104 cm³/mol. The van der Waals surface area contributed by atoms with Crippen LogP contribution in [0.2, 0.25) is 5.02 Å². The van der Waals surface area contributed by atoms with Gasteiger partial charge in [0.2, 0.25) is 0 Å². The van der Waals surface area contributed by atoms with Crippen LogP contribution in [0.3, 0.4) is 0 Å². The van der Waals surface area contributed by atoms with Crippen LogP contribution < -0.4 is 9.64 Å². The van der Waals surface area contributed by atoms with Crippen molar-refractivity contribution in [2.75, 3.05) is 11.5 Å². The quantitative estimate of drug-likeness (QED) is 0.703. The molecule has 0 saturated carbocycles. The Morgan fingerprint density at radius 2 is 2.00 bits per heavy atom. The molecule has 0 atom stereocenters. The minimum Gasteiger partial charge on any atom is -0.476 e. The van der Waals surface area contributed by atoms with E-state index in [9.17, 15) is 9.59 Å². The number of hydrogen-bond donors (Lipinski definition) is 0. The number of esters is 1. The van der Waals surface area contributed by atoms with E-state index in [0.717, 1.165) is 12.0 Å². The summed E-state index contributed by atoms with van der Waals surface area (Å²) in [5.74, 6) is 0.0644. The molecule has 1 aliphatic heterocycles. The maximum absolute atomic E-state index is 13.0. The lowest BCUT2D eigenvalue weighted by molar-refractivity contribution is -0.132. The van der Waals surface area contributed by atoms with E-state index in [1.807, 2.05) is 13.0 Å². The second-order valence-electron chi connectivity index (χ2n) is 6.95. The van der Waals surface area contributed by atoms with Crippen LogP contribution in [0.5, 0.6) is 5.75 Å². The van der Waals surface area contributed by atoms with Crippen molar-refractivity contribution < 1.29 is 19.1 Å². The highest BCUT2D eigenvalue weighted by molar-refractivity contribution is 6.31. The van der Waals surface area contributed by atoms with Gasteiger partial charge in [-0.15, -0.1) is 0 Å². The number of benzene rings is 2. The van der Waals surface area contributed by atoms with Crippen molar-refractivity contribution in [3.8, 4) is 5.75 Å². The van der Waals surface area contributed by atoms with Crippen LogP contribution in [0.25, 0.3) is 0 Å². The first kappa shape index (κ1) is 19.2. The smallest absolute Gasteiger partial charge is 0.338 e. The zero-order valence-corrected chi connectivity index (χ0v) is 16.4. The van der Waals surface area contributed by atoms with E-state index in [-0.39, 0.29) is 11.9 Å². The van der Waals surface area contributed by atoms with Gasteiger partial charge in [0.15, 0.2) is 5.60 Å². The topological polar surface area (TPSA) is 55.8 Å². The predicted octanol–water partition coefficient (Wildman–Crippen LogP) is 4.61. The van der Waals surface area contributed by atoms with E-state index in [1.54, 1.807) is 55.1 Å². The third-order valence-corrected chi connectivity index (χ3v) is 4.51. The number of carbonyl (C=O) groups is 2. The van der Waals surface area contributed by atoms with Gasteiger partial charge in [-0.3, -0.25) is 4.79 Å². The third-order valence-electron chi connectivity index (χ3n) is 4.28. The van der Waals surface area contributed by atoms with Gasteiger partial charge in [0, 0.05) is 5.02 Å². The standard InChI is InChI=1S/C21H22ClNO4/c1-4-10-26-19(24)15-7-5-6-14(11-15)13-23-17-12-16(22)8-9-18(17)27-21(2,3)20(23)25/h5-9,11-12H,4,10,13H2,1-3H3. The van der Waals surface area contributed by atoms with Gasteiger partial charge in [0.25, 0.3) is 5.91 Å². The van der Waals surface area contributed by atoms with Crippen molar-refractivity contribution in [3.63, 3.8) is 0 Å². The first-order chi connectivity index (χ1) is 12.8. The fraction of sp³-hybridized carbons (Fsp3) is 0.333. The summed E-state index contributed by atoms with van der Waals surface area (Å²) in [7, 11) is 0. The molecule has 0 bridgehead atoms. The molecule has 2 aromatic carbocycles. The van der Waals surface area contributed by atoms with Crippen molar-refractivity contribution in [1.29, 1.82) is 0 Å². The van der Waals surface area contributed by atoms with E-state index in [0.29, 0.717) is 35.2 Å². The number of amides is 1. The Labute approximate surface area is 163 Å². The fourth-order valence-electron chi connectivity index (χ4n) is 2.96. The molecule has 0 saturated heterocycles. The van der Waals surface area contributed by atoms with Crippen molar-refractivity contribution in [2.24, 2.45) is 0 Å². The molecular weight excluding hydrogens is 366 g/mol. The number of carbonyl (C=O) groups excluding carboxylic acids is 2. The SMILES string of the molecule is CCCOC(=O)c1cccc(CN2C(=O)C(C)(C)Oc3ccc(Cl)cc32)c1. The molecule has 1 heterocycles. The van der Waals surface area contributed by atoms with Gasteiger partial charge in [-0.25, -0.2) is 4.79 Å². The number of fused-ring (bicyclic) bond motifs is 1. The molecule has 0 aromatic heterocycles. The second-order valence-corrected chi connectivity index (χ2v) is 7.39. The highest BCUT2D eigenvalue weighted by Crippen LogP contribution is 2.40. The number of ether oxygens (including phenoxy) is 2. The lowest BCUT2D eigenvalue weighted by Crippen LogP contribution is -2.52. The molecule has 2 aromatic rings. The molecule has 3 rings (SSSR count). The maximum Gasteiger partial charge on any atom is 0.338 e. The molecule has 0 aliphatic carbocycles. The molecule has 6 heteroatoms. The van der Waals surface area contributed by atoms with Crippen molar-refractivity contribution in [2.45, 2.75) is 39.3 Å². The first-order valence-electron chi connectivity index (χ1n) is 8.88. The van der Waals surface area contributed by atoms with Gasteiger partial charge in [-0.05, 0) is 56.2 Å². The Hall–Kier alpha value is -2.53. The number of anilines is 1. The molecule has 27 heavy (non-hydrogen) atoms. The molecule has 0 radical (unpaired) electrons. The minimum atomic E-state index is -0.988. The van der Waals surface area contributed by atoms with Crippen LogP contribution in [0.1, 0.15) is 43.1 Å². The van der Waals surface area contributed by atoms with Crippen molar-refractivity contribution >= 4 is 29.2 Å². The van der Waals surface area contributed by atoms with Crippen LogP contribution >= 0.6 is 11.6 Å². The Morgan fingerprint density at radius 3 is 2.74 bits per heavy atom. The molecule has 0 unspecified atom stereocenters.